The molecule has 2 aromatic carbocycles. The van der Waals surface area contributed by atoms with E-state index in [1.54, 1.807) is 12.1 Å². The van der Waals surface area contributed by atoms with Gasteiger partial charge in [0.2, 0.25) is 0 Å². The van der Waals surface area contributed by atoms with E-state index in [-0.39, 0.29) is 11.0 Å². The second-order valence-electron chi connectivity index (χ2n) is 5.26. The fraction of sp³-hybridized carbons (Fsp3) is 0.222. The third-order valence-corrected chi connectivity index (χ3v) is 4.50. The summed E-state index contributed by atoms with van der Waals surface area (Å²) < 4.78 is 7.48. The Morgan fingerprint density at radius 1 is 1.12 bits per heavy atom. The standard InChI is InChI=1S/C18H18Br2N2O2S/c1-2-3-10-24-16-9-6-13(20)11-15(16)17(23)22-18(25)21-14-7-4-12(19)5-8-14/h4-9,11H,2-3,10H2,1H3,(H2,21,22,23,25). The molecule has 4 nitrogen and oxygen atoms in total. The van der Waals surface area contributed by atoms with Gasteiger partial charge in [0.25, 0.3) is 5.91 Å². The predicted octanol–water partition coefficient (Wildman–Crippen LogP) is 5.52. The van der Waals surface area contributed by atoms with Gasteiger partial charge in [0.1, 0.15) is 5.75 Å². The largest absolute Gasteiger partial charge is 0.493 e. The highest BCUT2D eigenvalue weighted by Crippen LogP contribution is 2.23. The lowest BCUT2D eigenvalue weighted by Crippen LogP contribution is -2.34. The topological polar surface area (TPSA) is 50.4 Å². The van der Waals surface area contributed by atoms with E-state index < -0.39 is 0 Å². The maximum Gasteiger partial charge on any atom is 0.261 e. The number of amides is 1. The first-order valence-corrected chi connectivity index (χ1v) is 9.79. The minimum Gasteiger partial charge on any atom is -0.493 e. The van der Waals surface area contributed by atoms with Gasteiger partial charge in [0, 0.05) is 14.6 Å². The Morgan fingerprint density at radius 3 is 2.48 bits per heavy atom. The van der Waals surface area contributed by atoms with Crippen molar-refractivity contribution in [1.82, 2.24) is 5.32 Å². The van der Waals surface area contributed by atoms with Crippen LogP contribution in [0.2, 0.25) is 0 Å². The number of carbonyl (C=O) groups excluding carboxylic acids is 1. The highest BCUT2D eigenvalue weighted by atomic mass is 79.9. The van der Waals surface area contributed by atoms with Crippen LogP contribution < -0.4 is 15.4 Å². The van der Waals surface area contributed by atoms with Crippen molar-refractivity contribution in [1.29, 1.82) is 0 Å². The monoisotopic (exact) mass is 484 g/mol. The van der Waals surface area contributed by atoms with E-state index in [9.17, 15) is 4.79 Å². The Balaban J connectivity index is 2.04. The first kappa shape index (κ1) is 19.9. The molecular formula is C18H18Br2N2O2S. The molecule has 2 rings (SSSR count). The number of hydrogen-bond donors (Lipinski definition) is 2. The van der Waals surface area contributed by atoms with Crippen LogP contribution >= 0.6 is 44.1 Å². The molecule has 0 aliphatic carbocycles. The molecular weight excluding hydrogens is 468 g/mol. The van der Waals surface area contributed by atoms with Gasteiger partial charge in [-0.1, -0.05) is 45.2 Å². The van der Waals surface area contributed by atoms with Crippen LogP contribution in [0.4, 0.5) is 5.69 Å². The van der Waals surface area contributed by atoms with E-state index in [1.165, 1.54) is 0 Å². The summed E-state index contributed by atoms with van der Waals surface area (Å²) in [7, 11) is 0. The normalized spacial score (nSPS) is 10.2. The molecule has 0 aromatic heterocycles. The van der Waals surface area contributed by atoms with Crippen LogP contribution in [0.15, 0.2) is 51.4 Å². The molecule has 0 unspecified atom stereocenters. The molecule has 0 spiro atoms. The Hall–Kier alpha value is -1.44. The SMILES string of the molecule is CCCCOc1ccc(Br)cc1C(=O)NC(=S)Nc1ccc(Br)cc1. The number of benzene rings is 2. The zero-order valence-corrected chi connectivity index (χ0v) is 17.6. The van der Waals surface area contributed by atoms with E-state index in [0.29, 0.717) is 17.9 Å². The summed E-state index contributed by atoms with van der Waals surface area (Å²) in [5.74, 6) is 0.225. The summed E-state index contributed by atoms with van der Waals surface area (Å²) in [5, 5.41) is 5.90. The molecule has 0 heterocycles. The molecule has 1 amide bonds. The Morgan fingerprint density at radius 2 is 1.80 bits per heavy atom. The minimum atomic E-state index is -0.317. The van der Waals surface area contributed by atoms with Crippen molar-refractivity contribution in [3.8, 4) is 5.75 Å². The molecule has 0 saturated carbocycles. The Bertz CT molecular complexity index is 751. The van der Waals surface area contributed by atoms with E-state index in [1.807, 2.05) is 30.3 Å². The molecule has 7 heteroatoms. The lowest BCUT2D eigenvalue weighted by Gasteiger charge is -2.13. The highest BCUT2D eigenvalue weighted by Gasteiger charge is 2.15. The van der Waals surface area contributed by atoms with E-state index in [4.69, 9.17) is 17.0 Å². The summed E-state index contributed by atoms with van der Waals surface area (Å²) in [6.07, 6.45) is 1.96. The number of nitrogens with one attached hydrogen (secondary N) is 2. The van der Waals surface area contributed by atoms with Crippen LogP contribution in [0, 0.1) is 0 Å². The average Bonchev–Trinajstić information content (AvgIpc) is 2.58. The van der Waals surface area contributed by atoms with Crippen molar-refractivity contribution in [3.05, 3.63) is 57.0 Å². The highest BCUT2D eigenvalue weighted by molar-refractivity contribution is 9.10. The molecule has 2 N–H and O–H groups in total. The van der Waals surface area contributed by atoms with Gasteiger partial charge in [-0.15, -0.1) is 0 Å². The molecule has 0 aliphatic rings. The quantitative estimate of drug-likeness (QED) is 0.418. The fourth-order valence-corrected chi connectivity index (χ4v) is 2.83. The average molecular weight is 486 g/mol. The van der Waals surface area contributed by atoms with Gasteiger partial charge in [-0.25, -0.2) is 0 Å². The fourth-order valence-electron chi connectivity index (χ4n) is 2.00. The summed E-state index contributed by atoms with van der Waals surface area (Å²) in [5.41, 5.74) is 1.23. The van der Waals surface area contributed by atoms with E-state index in [0.717, 1.165) is 27.5 Å². The van der Waals surface area contributed by atoms with Crippen LogP contribution in [0.25, 0.3) is 0 Å². The van der Waals surface area contributed by atoms with Crippen molar-refractivity contribution < 1.29 is 9.53 Å². The van der Waals surface area contributed by atoms with Crippen molar-refractivity contribution in [2.45, 2.75) is 19.8 Å². The van der Waals surface area contributed by atoms with Crippen molar-refractivity contribution in [2.24, 2.45) is 0 Å². The van der Waals surface area contributed by atoms with Crippen molar-refractivity contribution >= 4 is 60.8 Å². The van der Waals surface area contributed by atoms with Crippen molar-refractivity contribution in [3.63, 3.8) is 0 Å². The molecule has 0 fully saturated rings. The summed E-state index contributed by atoms with van der Waals surface area (Å²) in [6, 6.07) is 12.8. The number of thiocarbonyl (C=S) groups is 1. The molecule has 0 saturated heterocycles. The lowest BCUT2D eigenvalue weighted by atomic mass is 10.2. The minimum absolute atomic E-state index is 0.229. The Kier molecular flexibility index (Phi) is 7.87. The van der Waals surface area contributed by atoms with Gasteiger partial charge >= 0.3 is 0 Å². The third-order valence-electron chi connectivity index (χ3n) is 3.27. The second kappa shape index (κ2) is 9.89. The molecule has 0 bridgehead atoms. The molecule has 0 aliphatic heterocycles. The number of anilines is 1. The number of halogens is 2. The number of hydrogen-bond acceptors (Lipinski definition) is 3. The van der Waals surface area contributed by atoms with E-state index in [2.05, 4.69) is 49.4 Å². The smallest absolute Gasteiger partial charge is 0.261 e. The molecule has 0 radical (unpaired) electrons. The van der Waals surface area contributed by atoms with Gasteiger partial charge in [-0.3, -0.25) is 10.1 Å². The summed E-state index contributed by atoms with van der Waals surface area (Å²) in [6.45, 7) is 2.66. The number of unbranched alkanes of at least 4 members (excludes halogenated alkanes) is 1. The van der Waals surface area contributed by atoms with Gasteiger partial charge in [0.15, 0.2) is 5.11 Å². The van der Waals surface area contributed by atoms with Crippen LogP contribution in [0.3, 0.4) is 0 Å². The maximum atomic E-state index is 12.6. The number of rotatable bonds is 6. The molecule has 2 aromatic rings. The van der Waals surface area contributed by atoms with Gasteiger partial charge < -0.3 is 10.1 Å². The maximum absolute atomic E-state index is 12.6. The van der Waals surface area contributed by atoms with Crippen molar-refractivity contribution in [2.75, 3.05) is 11.9 Å². The van der Waals surface area contributed by atoms with E-state index >= 15 is 0 Å². The predicted molar refractivity (Wildman–Crippen MR) is 112 cm³/mol. The van der Waals surface area contributed by atoms with Gasteiger partial charge in [0.05, 0.1) is 12.2 Å². The molecule has 25 heavy (non-hydrogen) atoms. The number of ether oxygens (including phenoxy) is 1. The van der Waals surface area contributed by atoms with Crippen LogP contribution in [-0.2, 0) is 0 Å². The van der Waals surface area contributed by atoms with Crippen LogP contribution in [0.5, 0.6) is 5.75 Å². The third kappa shape index (κ3) is 6.41. The number of carbonyl (C=O) groups is 1. The lowest BCUT2D eigenvalue weighted by molar-refractivity contribution is 0.0973. The zero-order chi connectivity index (χ0) is 18.2. The zero-order valence-electron chi connectivity index (χ0n) is 13.6. The molecule has 132 valence electrons. The summed E-state index contributed by atoms with van der Waals surface area (Å²) >= 11 is 12.0. The van der Waals surface area contributed by atoms with Crippen LogP contribution in [-0.4, -0.2) is 17.6 Å². The Labute approximate surface area is 169 Å². The first-order valence-electron chi connectivity index (χ1n) is 7.80. The van der Waals surface area contributed by atoms with Gasteiger partial charge in [-0.2, -0.15) is 0 Å². The van der Waals surface area contributed by atoms with Gasteiger partial charge in [-0.05, 0) is 61.1 Å². The van der Waals surface area contributed by atoms with Crippen LogP contribution in [0.1, 0.15) is 30.1 Å². The molecule has 0 atom stereocenters. The second-order valence-corrected chi connectivity index (χ2v) is 7.50. The first-order chi connectivity index (χ1) is 12.0. The summed E-state index contributed by atoms with van der Waals surface area (Å²) in [4.78, 5) is 12.6.